The fourth-order valence-corrected chi connectivity index (χ4v) is 2.53. The lowest BCUT2D eigenvalue weighted by Crippen LogP contribution is -2.14. The van der Waals surface area contributed by atoms with Crippen molar-refractivity contribution in [2.45, 2.75) is 30.1 Å². The number of nitrogens with zero attached hydrogens (tertiary/aromatic N) is 1. The molecule has 1 aromatic carbocycles. The van der Waals surface area contributed by atoms with Crippen LogP contribution in [0, 0.1) is 0 Å². The van der Waals surface area contributed by atoms with Crippen LogP contribution in [0.2, 0.25) is 0 Å². The van der Waals surface area contributed by atoms with E-state index >= 15 is 0 Å². The Hall–Kier alpha value is -1.75. The number of anilines is 1. The highest BCUT2D eigenvalue weighted by Crippen LogP contribution is 2.39. The van der Waals surface area contributed by atoms with E-state index in [2.05, 4.69) is 15.5 Å². The summed E-state index contributed by atoms with van der Waals surface area (Å²) in [7, 11) is 0. The molecule has 0 bridgehead atoms. The lowest BCUT2D eigenvalue weighted by molar-refractivity contribution is -0.115. The summed E-state index contributed by atoms with van der Waals surface area (Å²) >= 11 is 1.70. The third-order valence-corrected chi connectivity index (χ3v) is 4.15. The number of hydrogen-bond donors (Lipinski definition) is 2. The number of H-pyrrole nitrogens is 1. The first-order chi connectivity index (χ1) is 9.74. The summed E-state index contributed by atoms with van der Waals surface area (Å²) in [6, 6.07) is 9.99. The van der Waals surface area contributed by atoms with E-state index in [0.29, 0.717) is 18.2 Å². The average Bonchev–Trinajstić information content (AvgIpc) is 3.20. The average molecular weight is 287 g/mol. The maximum atomic E-state index is 12.0. The van der Waals surface area contributed by atoms with E-state index in [9.17, 15) is 4.79 Å². The first kappa shape index (κ1) is 13.2. The molecule has 0 radical (unpaired) electrons. The Labute approximate surface area is 122 Å². The molecule has 20 heavy (non-hydrogen) atoms. The van der Waals surface area contributed by atoms with Crippen LogP contribution in [0.25, 0.3) is 0 Å². The molecule has 1 aromatic heterocycles. The zero-order valence-electron chi connectivity index (χ0n) is 11.3. The van der Waals surface area contributed by atoms with Gasteiger partial charge in [-0.25, -0.2) is 0 Å². The van der Waals surface area contributed by atoms with E-state index in [1.807, 2.05) is 36.6 Å². The van der Waals surface area contributed by atoms with Gasteiger partial charge in [0.25, 0.3) is 0 Å². The minimum Gasteiger partial charge on any atom is -0.309 e. The number of aromatic amines is 1. The van der Waals surface area contributed by atoms with Crippen molar-refractivity contribution in [1.29, 1.82) is 0 Å². The monoisotopic (exact) mass is 287 g/mol. The largest absolute Gasteiger partial charge is 0.309 e. The summed E-state index contributed by atoms with van der Waals surface area (Å²) in [5, 5.41) is 9.95. The van der Waals surface area contributed by atoms with Crippen molar-refractivity contribution in [3.8, 4) is 0 Å². The highest BCUT2D eigenvalue weighted by Gasteiger charge is 2.25. The molecule has 3 rings (SSSR count). The van der Waals surface area contributed by atoms with Gasteiger partial charge in [-0.3, -0.25) is 9.89 Å². The molecule has 0 spiro atoms. The second-order valence-corrected chi connectivity index (χ2v) is 5.94. The lowest BCUT2D eigenvalue weighted by Gasteiger charge is -2.03. The number of amides is 1. The van der Waals surface area contributed by atoms with Gasteiger partial charge in [0.15, 0.2) is 5.82 Å². The second-order valence-electron chi connectivity index (χ2n) is 5.06. The SMILES string of the molecule is CSc1ccc(CC(=O)Nc2cc(C3CC3)[nH]n2)cc1. The number of hydrogen-bond acceptors (Lipinski definition) is 3. The van der Waals surface area contributed by atoms with E-state index < -0.39 is 0 Å². The van der Waals surface area contributed by atoms with Gasteiger partial charge < -0.3 is 5.32 Å². The first-order valence-corrected chi connectivity index (χ1v) is 7.95. The van der Waals surface area contributed by atoms with Gasteiger partial charge in [-0.15, -0.1) is 11.8 Å². The predicted octanol–water partition coefficient (Wildman–Crippen LogP) is 3.19. The fraction of sp³-hybridized carbons (Fsp3) is 0.333. The van der Waals surface area contributed by atoms with Crippen molar-refractivity contribution in [2.24, 2.45) is 0 Å². The van der Waals surface area contributed by atoms with Gasteiger partial charge in [0, 0.05) is 22.6 Å². The number of aromatic nitrogens is 2. The van der Waals surface area contributed by atoms with E-state index in [4.69, 9.17) is 0 Å². The number of rotatable bonds is 5. The first-order valence-electron chi connectivity index (χ1n) is 6.72. The number of carbonyl (C=O) groups excluding carboxylic acids is 1. The Bertz CT molecular complexity index is 602. The van der Waals surface area contributed by atoms with Crippen molar-refractivity contribution in [3.05, 3.63) is 41.6 Å². The topological polar surface area (TPSA) is 57.8 Å². The quantitative estimate of drug-likeness (QED) is 0.830. The molecular weight excluding hydrogens is 270 g/mol. The standard InChI is InChI=1S/C15H17N3OS/c1-20-12-6-2-10(3-7-12)8-15(19)16-14-9-13(17-18-14)11-4-5-11/h2-3,6-7,9,11H,4-5,8H2,1H3,(H2,16,17,18,19). The fourth-order valence-electron chi connectivity index (χ4n) is 2.12. The summed E-state index contributed by atoms with van der Waals surface area (Å²) in [6.45, 7) is 0. The van der Waals surface area contributed by atoms with Crippen LogP contribution in [-0.2, 0) is 11.2 Å². The van der Waals surface area contributed by atoms with E-state index in [0.717, 1.165) is 11.3 Å². The summed E-state index contributed by atoms with van der Waals surface area (Å²) in [5.41, 5.74) is 2.14. The van der Waals surface area contributed by atoms with Crippen LogP contribution in [0.3, 0.4) is 0 Å². The third kappa shape index (κ3) is 3.22. The maximum absolute atomic E-state index is 12.0. The van der Waals surface area contributed by atoms with Gasteiger partial charge in [0.05, 0.1) is 6.42 Å². The summed E-state index contributed by atoms with van der Waals surface area (Å²) in [6.07, 6.45) is 4.85. The van der Waals surface area contributed by atoms with Gasteiger partial charge in [-0.2, -0.15) is 5.10 Å². The van der Waals surface area contributed by atoms with Crippen molar-refractivity contribution < 1.29 is 4.79 Å². The number of thioether (sulfide) groups is 1. The Kier molecular flexibility index (Phi) is 3.78. The molecule has 4 nitrogen and oxygen atoms in total. The van der Waals surface area contributed by atoms with Gasteiger partial charge in [-0.1, -0.05) is 12.1 Å². The molecule has 2 aromatic rings. The van der Waals surface area contributed by atoms with Crippen molar-refractivity contribution >= 4 is 23.5 Å². The minimum atomic E-state index is -0.0317. The smallest absolute Gasteiger partial charge is 0.229 e. The van der Waals surface area contributed by atoms with E-state index in [1.165, 1.54) is 17.7 Å². The molecule has 0 unspecified atom stereocenters. The molecule has 104 valence electrons. The molecule has 1 heterocycles. The van der Waals surface area contributed by atoms with Crippen molar-refractivity contribution in [2.75, 3.05) is 11.6 Å². The predicted molar refractivity (Wildman–Crippen MR) is 81.1 cm³/mol. The molecule has 0 saturated heterocycles. The van der Waals surface area contributed by atoms with Gasteiger partial charge in [0.2, 0.25) is 5.91 Å². The summed E-state index contributed by atoms with van der Waals surface area (Å²) in [4.78, 5) is 13.2. The van der Waals surface area contributed by atoms with Crippen molar-refractivity contribution in [1.82, 2.24) is 10.2 Å². The molecule has 1 aliphatic rings. The molecule has 0 atom stereocenters. The lowest BCUT2D eigenvalue weighted by atomic mass is 10.1. The Morgan fingerprint density at radius 2 is 2.15 bits per heavy atom. The maximum Gasteiger partial charge on any atom is 0.229 e. The number of carbonyl (C=O) groups is 1. The molecule has 0 aliphatic heterocycles. The van der Waals surface area contributed by atoms with Crippen LogP contribution in [0.4, 0.5) is 5.82 Å². The number of nitrogens with one attached hydrogen (secondary N) is 2. The van der Waals surface area contributed by atoms with E-state index in [1.54, 1.807) is 11.8 Å². The van der Waals surface area contributed by atoms with E-state index in [-0.39, 0.29) is 5.91 Å². The molecule has 1 amide bonds. The summed E-state index contributed by atoms with van der Waals surface area (Å²) < 4.78 is 0. The Morgan fingerprint density at radius 3 is 2.80 bits per heavy atom. The van der Waals surface area contributed by atoms with Gasteiger partial charge in [-0.05, 0) is 36.8 Å². The molecule has 1 fully saturated rings. The minimum absolute atomic E-state index is 0.0317. The van der Waals surface area contributed by atoms with Crippen LogP contribution in [0.1, 0.15) is 30.0 Å². The van der Waals surface area contributed by atoms with Crippen LogP contribution < -0.4 is 5.32 Å². The van der Waals surface area contributed by atoms with Crippen LogP contribution in [0.5, 0.6) is 0 Å². The number of benzene rings is 1. The molecule has 2 N–H and O–H groups in total. The van der Waals surface area contributed by atoms with Crippen LogP contribution in [-0.4, -0.2) is 22.4 Å². The highest BCUT2D eigenvalue weighted by atomic mass is 32.2. The third-order valence-electron chi connectivity index (χ3n) is 3.41. The van der Waals surface area contributed by atoms with Gasteiger partial charge in [0.1, 0.15) is 0 Å². The Balaban J connectivity index is 1.57. The summed E-state index contributed by atoms with van der Waals surface area (Å²) in [5.74, 6) is 1.21. The highest BCUT2D eigenvalue weighted by molar-refractivity contribution is 7.98. The zero-order chi connectivity index (χ0) is 13.9. The molecule has 1 saturated carbocycles. The zero-order valence-corrected chi connectivity index (χ0v) is 12.2. The second kappa shape index (κ2) is 5.71. The van der Waals surface area contributed by atoms with Crippen molar-refractivity contribution in [3.63, 3.8) is 0 Å². The molecule has 1 aliphatic carbocycles. The molecule has 5 heteroatoms. The van der Waals surface area contributed by atoms with Crippen LogP contribution in [0.15, 0.2) is 35.2 Å². The Morgan fingerprint density at radius 1 is 1.40 bits per heavy atom. The normalized spacial score (nSPS) is 14.2. The van der Waals surface area contributed by atoms with Crippen LogP contribution >= 0.6 is 11.8 Å². The van der Waals surface area contributed by atoms with Gasteiger partial charge >= 0.3 is 0 Å². The molecular formula is C15H17N3OS.